The maximum absolute atomic E-state index is 13.7. The average molecular weight is 456 g/mol. The molecule has 0 bridgehead atoms. The fourth-order valence-electron chi connectivity index (χ4n) is 4.14. The number of halogens is 1. The van der Waals surface area contributed by atoms with E-state index in [-0.39, 0.29) is 28.5 Å². The maximum Gasteiger partial charge on any atom is 0.242 e. The van der Waals surface area contributed by atoms with E-state index in [0.717, 1.165) is 18.2 Å². The van der Waals surface area contributed by atoms with Crippen molar-refractivity contribution in [1.82, 2.24) is 9.71 Å². The number of nitrogens with one attached hydrogen (secondary N) is 2. The third-order valence-corrected chi connectivity index (χ3v) is 7.56. The highest BCUT2D eigenvalue weighted by Crippen LogP contribution is 2.30. The quantitative estimate of drug-likeness (QED) is 0.576. The van der Waals surface area contributed by atoms with Crippen molar-refractivity contribution in [3.05, 3.63) is 66.1 Å². The van der Waals surface area contributed by atoms with Crippen molar-refractivity contribution in [2.24, 2.45) is 11.8 Å². The van der Waals surface area contributed by atoms with Gasteiger partial charge in [-0.2, -0.15) is 0 Å². The normalized spacial score (nSPS) is 19.1. The van der Waals surface area contributed by atoms with Crippen molar-refractivity contribution in [3.8, 4) is 0 Å². The lowest BCUT2D eigenvalue weighted by molar-refractivity contribution is -0.121. The van der Waals surface area contributed by atoms with Gasteiger partial charge >= 0.3 is 0 Å². The summed E-state index contributed by atoms with van der Waals surface area (Å²) in [5.74, 6) is -0.461. The Balaban J connectivity index is 1.32. The van der Waals surface area contributed by atoms with Gasteiger partial charge in [-0.1, -0.05) is 24.3 Å². The number of amides is 1. The number of fused-ring (bicyclic) bond motifs is 1. The SMILES string of the molecule is Cc1ccc(NC(=O)C2CCC(CNS(=O)(=O)c3cccc4cccnc34)CC2)cc1F. The molecule has 1 aliphatic rings. The van der Waals surface area contributed by atoms with Crippen LogP contribution in [0.5, 0.6) is 0 Å². The van der Waals surface area contributed by atoms with E-state index in [1.807, 2.05) is 12.1 Å². The molecule has 2 aromatic carbocycles. The zero-order valence-corrected chi connectivity index (χ0v) is 18.7. The standard InChI is InChI=1S/C24H26FN3O3S/c1-16-7-12-20(14-21(16)25)28-24(29)19-10-8-17(9-11-19)15-27-32(30,31)22-6-2-4-18-5-3-13-26-23(18)22/h2-7,12-14,17,19,27H,8-11,15H2,1H3,(H,28,29). The number of pyridine rings is 1. The van der Waals surface area contributed by atoms with Gasteiger partial charge < -0.3 is 5.32 Å². The lowest BCUT2D eigenvalue weighted by Crippen LogP contribution is -2.33. The molecule has 2 N–H and O–H groups in total. The number of para-hydroxylation sites is 1. The van der Waals surface area contributed by atoms with Crippen LogP contribution >= 0.6 is 0 Å². The molecule has 1 aliphatic carbocycles. The summed E-state index contributed by atoms with van der Waals surface area (Å²) >= 11 is 0. The zero-order valence-electron chi connectivity index (χ0n) is 17.8. The molecular weight excluding hydrogens is 429 g/mol. The smallest absolute Gasteiger partial charge is 0.242 e. The highest BCUT2D eigenvalue weighted by atomic mass is 32.2. The predicted molar refractivity (Wildman–Crippen MR) is 122 cm³/mol. The van der Waals surface area contributed by atoms with Gasteiger partial charge in [-0.25, -0.2) is 17.5 Å². The molecule has 0 unspecified atom stereocenters. The highest BCUT2D eigenvalue weighted by Gasteiger charge is 2.28. The van der Waals surface area contributed by atoms with Gasteiger partial charge in [0.1, 0.15) is 10.7 Å². The maximum atomic E-state index is 13.7. The minimum absolute atomic E-state index is 0.117. The molecule has 1 fully saturated rings. The molecular formula is C24H26FN3O3S. The van der Waals surface area contributed by atoms with Crippen molar-refractivity contribution >= 4 is 32.5 Å². The monoisotopic (exact) mass is 455 g/mol. The van der Waals surface area contributed by atoms with Gasteiger partial charge in [0.2, 0.25) is 15.9 Å². The van der Waals surface area contributed by atoms with Crippen molar-refractivity contribution in [3.63, 3.8) is 0 Å². The molecule has 1 saturated carbocycles. The third-order valence-electron chi connectivity index (χ3n) is 6.10. The van der Waals surface area contributed by atoms with E-state index in [0.29, 0.717) is 36.2 Å². The van der Waals surface area contributed by atoms with Crippen LogP contribution in [-0.2, 0) is 14.8 Å². The molecule has 0 spiro atoms. The van der Waals surface area contributed by atoms with Crippen LogP contribution in [0.1, 0.15) is 31.2 Å². The van der Waals surface area contributed by atoms with Crippen LogP contribution in [0, 0.1) is 24.6 Å². The average Bonchev–Trinajstić information content (AvgIpc) is 2.80. The second-order valence-electron chi connectivity index (χ2n) is 8.35. The minimum atomic E-state index is -3.69. The number of benzene rings is 2. The van der Waals surface area contributed by atoms with E-state index in [1.165, 1.54) is 6.07 Å². The highest BCUT2D eigenvalue weighted by molar-refractivity contribution is 7.89. The summed E-state index contributed by atoms with van der Waals surface area (Å²) in [5.41, 5.74) is 1.44. The molecule has 0 atom stereocenters. The second-order valence-corrected chi connectivity index (χ2v) is 10.1. The molecule has 3 aromatic rings. The van der Waals surface area contributed by atoms with Crippen LogP contribution in [0.15, 0.2) is 59.6 Å². The van der Waals surface area contributed by atoms with E-state index < -0.39 is 10.0 Å². The van der Waals surface area contributed by atoms with E-state index >= 15 is 0 Å². The Morgan fingerprint density at radius 1 is 1.09 bits per heavy atom. The Morgan fingerprint density at radius 2 is 1.84 bits per heavy atom. The van der Waals surface area contributed by atoms with E-state index in [2.05, 4.69) is 15.0 Å². The lowest BCUT2D eigenvalue weighted by Gasteiger charge is -2.28. The van der Waals surface area contributed by atoms with Crippen LogP contribution in [0.25, 0.3) is 10.9 Å². The first kappa shape index (κ1) is 22.4. The van der Waals surface area contributed by atoms with Crippen LogP contribution < -0.4 is 10.0 Å². The molecule has 1 aromatic heterocycles. The number of hydrogen-bond donors (Lipinski definition) is 2. The first-order valence-corrected chi connectivity index (χ1v) is 12.2. The molecule has 0 radical (unpaired) electrons. The molecule has 6 nitrogen and oxygen atoms in total. The fraction of sp³-hybridized carbons (Fsp3) is 0.333. The van der Waals surface area contributed by atoms with Crippen molar-refractivity contribution < 1.29 is 17.6 Å². The van der Waals surface area contributed by atoms with Crippen LogP contribution in [0.2, 0.25) is 0 Å². The molecule has 8 heteroatoms. The van der Waals surface area contributed by atoms with Gasteiger partial charge in [-0.15, -0.1) is 0 Å². The van der Waals surface area contributed by atoms with Gasteiger partial charge in [-0.05, 0) is 68.4 Å². The zero-order chi connectivity index (χ0) is 22.7. The van der Waals surface area contributed by atoms with Crippen molar-refractivity contribution in [2.75, 3.05) is 11.9 Å². The van der Waals surface area contributed by atoms with Crippen LogP contribution in [0.3, 0.4) is 0 Å². The molecule has 1 heterocycles. The van der Waals surface area contributed by atoms with Crippen molar-refractivity contribution in [1.29, 1.82) is 0 Å². The fourth-order valence-corrected chi connectivity index (χ4v) is 5.44. The third kappa shape index (κ3) is 4.97. The molecule has 4 rings (SSSR count). The Hall–Kier alpha value is -2.84. The predicted octanol–water partition coefficient (Wildman–Crippen LogP) is 4.41. The van der Waals surface area contributed by atoms with Crippen LogP contribution in [0.4, 0.5) is 10.1 Å². The Labute approximate surface area is 187 Å². The molecule has 1 amide bonds. The Morgan fingerprint density at radius 3 is 2.59 bits per heavy atom. The minimum Gasteiger partial charge on any atom is -0.326 e. The summed E-state index contributed by atoms with van der Waals surface area (Å²) in [6, 6.07) is 13.4. The number of carbonyl (C=O) groups is 1. The number of nitrogens with zero attached hydrogens (tertiary/aromatic N) is 1. The summed E-state index contributed by atoms with van der Waals surface area (Å²) in [5, 5.41) is 3.57. The first-order chi connectivity index (χ1) is 15.3. The summed E-state index contributed by atoms with van der Waals surface area (Å²) in [4.78, 5) is 16.9. The van der Waals surface area contributed by atoms with E-state index in [9.17, 15) is 17.6 Å². The molecule has 0 saturated heterocycles. The summed E-state index contributed by atoms with van der Waals surface area (Å²) in [7, 11) is -3.69. The number of sulfonamides is 1. The summed E-state index contributed by atoms with van der Waals surface area (Å²) in [6.45, 7) is 2.00. The number of hydrogen-bond acceptors (Lipinski definition) is 4. The lowest BCUT2D eigenvalue weighted by atomic mass is 9.81. The van der Waals surface area contributed by atoms with Gasteiger partial charge in [0.05, 0.1) is 5.52 Å². The number of aromatic nitrogens is 1. The van der Waals surface area contributed by atoms with Gasteiger partial charge in [-0.3, -0.25) is 9.78 Å². The topological polar surface area (TPSA) is 88.2 Å². The Kier molecular flexibility index (Phi) is 6.53. The molecule has 0 aliphatic heterocycles. The van der Waals surface area contributed by atoms with Crippen LogP contribution in [-0.4, -0.2) is 25.9 Å². The van der Waals surface area contributed by atoms with Gasteiger partial charge in [0, 0.05) is 29.7 Å². The second kappa shape index (κ2) is 9.34. The van der Waals surface area contributed by atoms with Gasteiger partial charge in [0.15, 0.2) is 0 Å². The molecule has 168 valence electrons. The Bertz CT molecular complexity index is 1230. The summed E-state index contributed by atoms with van der Waals surface area (Å²) < 4.78 is 42.2. The van der Waals surface area contributed by atoms with E-state index in [1.54, 1.807) is 43.5 Å². The number of rotatable bonds is 6. The summed E-state index contributed by atoms with van der Waals surface area (Å²) in [6.07, 6.45) is 4.41. The van der Waals surface area contributed by atoms with E-state index in [4.69, 9.17) is 0 Å². The largest absolute Gasteiger partial charge is 0.326 e. The first-order valence-electron chi connectivity index (χ1n) is 10.7. The number of aryl methyl sites for hydroxylation is 1. The number of carbonyl (C=O) groups excluding carboxylic acids is 1. The number of anilines is 1. The van der Waals surface area contributed by atoms with Crippen molar-refractivity contribution in [2.45, 2.75) is 37.5 Å². The molecule has 32 heavy (non-hydrogen) atoms. The van der Waals surface area contributed by atoms with Gasteiger partial charge in [0.25, 0.3) is 0 Å².